The highest BCUT2D eigenvalue weighted by molar-refractivity contribution is 6.30. The molecule has 2 aromatic heterocycles. The van der Waals surface area contributed by atoms with Crippen LogP contribution in [-0.2, 0) is 11.3 Å². The Bertz CT molecular complexity index is 840. The first-order valence-corrected chi connectivity index (χ1v) is 8.34. The fourth-order valence-corrected chi connectivity index (χ4v) is 2.26. The van der Waals surface area contributed by atoms with Crippen LogP contribution in [0.4, 0.5) is 11.5 Å². The summed E-state index contributed by atoms with van der Waals surface area (Å²) in [5, 5.41) is 6.56. The van der Waals surface area contributed by atoms with Crippen molar-refractivity contribution in [1.82, 2.24) is 9.97 Å². The number of ether oxygens (including phenoxy) is 1. The number of nitrogens with one attached hydrogen (secondary N) is 2. The fourth-order valence-electron chi connectivity index (χ4n) is 2.14. The van der Waals surface area contributed by atoms with E-state index in [4.69, 9.17) is 16.3 Å². The van der Waals surface area contributed by atoms with Gasteiger partial charge in [-0.2, -0.15) is 0 Å². The van der Waals surface area contributed by atoms with Crippen LogP contribution in [0.15, 0.2) is 67.1 Å². The number of hydrogen-bond donors (Lipinski definition) is 2. The van der Waals surface area contributed by atoms with Crippen LogP contribution in [0.5, 0.6) is 5.75 Å². The molecule has 1 amide bonds. The molecule has 0 saturated carbocycles. The fraction of sp³-hybridized carbons (Fsp3) is 0.105. The van der Waals surface area contributed by atoms with E-state index in [1.807, 2.05) is 18.2 Å². The lowest BCUT2D eigenvalue weighted by molar-refractivity contribution is -0.118. The first kappa shape index (κ1) is 17.7. The van der Waals surface area contributed by atoms with Crippen molar-refractivity contribution >= 4 is 29.0 Å². The van der Waals surface area contributed by atoms with Gasteiger partial charge in [-0.3, -0.25) is 9.78 Å². The van der Waals surface area contributed by atoms with Gasteiger partial charge in [-0.15, -0.1) is 0 Å². The molecule has 3 rings (SSSR count). The SMILES string of the molecule is O=C(COc1ccc(Cl)cc1)Nc1ccc(NCc2ccncc2)cn1. The van der Waals surface area contributed by atoms with Crippen LogP contribution in [0.1, 0.15) is 5.56 Å². The summed E-state index contributed by atoms with van der Waals surface area (Å²) in [5.74, 6) is 0.752. The van der Waals surface area contributed by atoms with Gasteiger partial charge >= 0.3 is 0 Å². The number of nitrogens with zero attached hydrogens (tertiary/aromatic N) is 2. The topological polar surface area (TPSA) is 76.1 Å². The molecule has 0 bridgehead atoms. The summed E-state index contributed by atoms with van der Waals surface area (Å²) in [7, 11) is 0. The van der Waals surface area contributed by atoms with Crippen LogP contribution in [0.2, 0.25) is 5.02 Å². The van der Waals surface area contributed by atoms with Crippen molar-refractivity contribution in [2.75, 3.05) is 17.2 Å². The molecule has 0 radical (unpaired) electrons. The molecule has 2 N–H and O–H groups in total. The summed E-state index contributed by atoms with van der Waals surface area (Å²) in [6.07, 6.45) is 5.16. The van der Waals surface area contributed by atoms with Crippen LogP contribution in [0.3, 0.4) is 0 Å². The van der Waals surface area contributed by atoms with Gasteiger partial charge in [-0.25, -0.2) is 4.98 Å². The standard InChI is InChI=1S/C19H17ClN4O2/c20-15-1-4-17(5-2-15)26-13-19(25)24-18-6-3-16(12-23-18)22-11-14-7-9-21-10-8-14/h1-10,12,22H,11,13H2,(H,23,24,25). The van der Waals surface area contributed by atoms with E-state index in [0.717, 1.165) is 11.3 Å². The molecule has 0 aliphatic heterocycles. The van der Waals surface area contributed by atoms with Crippen molar-refractivity contribution in [3.63, 3.8) is 0 Å². The molecular weight excluding hydrogens is 352 g/mol. The first-order chi connectivity index (χ1) is 12.7. The lowest BCUT2D eigenvalue weighted by Gasteiger charge is -2.09. The highest BCUT2D eigenvalue weighted by Gasteiger charge is 2.05. The quantitative estimate of drug-likeness (QED) is 0.664. The van der Waals surface area contributed by atoms with Gasteiger partial charge in [0, 0.05) is 24.0 Å². The van der Waals surface area contributed by atoms with E-state index in [2.05, 4.69) is 20.6 Å². The number of carbonyl (C=O) groups excluding carboxylic acids is 1. The Morgan fingerprint density at radius 2 is 1.81 bits per heavy atom. The van der Waals surface area contributed by atoms with Gasteiger partial charge in [0.2, 0.25) is 0 Å². The van der Waals surface area contributed by atoms with Gasteiger partial charge < -0.3 is 15.4 Å². The molecule has 0 fully saturated rings. The molecule has 132 valence electrons. The molecule has 0 saturated heterocycles. The lowest BCUT2D eigenvalue weighted by atomic mass is 10.2. The number of benzene rings is 1. The van der Waals surface area contributed by atoms with E-state index in [1.165, 1.54) is 0 Å². The number of anilines is 2. The highest BCUT2D eigenvalue weighted by atomic mass is 35.5. The number of carbonyl (C=O) groups is 1. The molecule has 1 aromatic carbocycles. The summed E-state index contributed by atoms with van der Waals surface area (Å²) in [6.45, 7) is 0.566. The maximum atomic E-state index is 11.9. The molecule has 0 aliphatic rings. The highest BCUT2D eigenvalue weighted by Crippen LogP contribution is 2.15. The number of aromatic nitrogens is 2. The van der Waals surface area contributed by atoms with Gasteiger partial charge in [0.15, 0.2) is 6.61 Å². The number of pyridine rings is 2. The van der Waals surface area contributed by atoms with E-state index in [1.54, 1.807) is 48.9 Å². The van der Waals surface area contributed by atoms with Crippen molar-refractivity contribution < 1.29 is 9.53 Å². The molecule has 0 unspecified atom stereocenters. The number of rotatable bonds is 7. The maximum Gasteiger partial charge on any atom is 0.263 e. The van der Waals surface area contributed by atoms with Gasteiger partial charge in [-0.1, -0.05) is 11.6 Å². The average Bonchev–Trinajstić information content (AvgIpc) is 2.68. The molecule has 7 heteroatoms. The van der Waals surface area contributed by atoms with Crippen molar-refractivity contribution in [1.29, 1.82) is 0 Å². The largest absolute Gasteiger partial charge is 0.484 e. The molecule has 2 heterocycles. The Labute approximate surface area is 156 Å². The second kappa shape index (κ2) is 8.82. The summed E-state index contributed by atoms with van der Waals surface area (Å²) in [6, 6.07) is 14.3. The van der Waals surface area contributed by atoms with Crippen LogP contribution in [-0.4, -0.2) is 22.5 Å². The second-order valence-electron chi connectivity index (χ2n) is 5.43. The predicted molar refractivity (Wildman–Crippen MR) is 101 cm³/mol. The third-order valence-electron chi connectivity index (χ3n) is 3.46. The Hall–Kier alpha value is -3.12. The molecule has 26 heavy (non-hydrogen) atoms. The van der Waals surface area contributed by atoms with Crippen molar-refractivity contribution in [3.8, 4) is 5.75 Å². The minimum atomic E-state index is -0.287. The third-order valence-corrected chi connectivity index (χ3v) is 3.71. The predicted octanol–water partition coefficient (Wildman–Crippen LogP) is 3.76. The zero-order valence-corrected chi connectivity index (χ0v) is 14.6. The number of amides is 1. The van der Waals surface area contributed by atoms with Crippen LogP contribution < -0.4 is 15.4 Å². The molecule has 3 aromatic rings. The second-order valence-corrected chi connectivity index (χ2v) is 5.87. The Balaban J connectivity index is 1.45. The third kappa shape index (κ3) is 5.46. The smallest absolute Gasteiger partial charge is 0.263 e. The summed E-state index contributed by atoms with van der Waals surface area (Å²) in [4.78, 5) is 20.1. The van der Waals surface area contributed by atoms with Gasteiger partial charge in [0.05, 0.1) is 11.9 Å². The normalized spacial score (nSPS) is 10.2. The van der Waals surface area contributed by atoms with Crippen LogP contribution >= 0.6 is 11.6 Å². The minimum absolute atomic E-state index is 0.106. The van der Waals surface area contributed by atoms with Crippen molar-refractivity contribution in [2.45, 2.75) is 6.54 Å². The zero-order valence-electron chi connectivity index (χ0n) is 13.9. The van der Waals surface area contributed by atoms with Gasteiger partial charge in [0.1, 0.15) is 11.6 Å². The molecular formula is C19H17ClN4O2. The molecule has 0 spiro atoms. The lowest BCUT2D eigenvalue weighted by Crippen LogP contribution is -2.20. The number of halogens is 1. The van der Waals surface area contributed by atoms with E-state index in [0.29, 0.717) is 23.1 Å². The molecule has 0 atom stereocenters. The van der Waals surface area contributed by atoms with Crippen LogP contribution in [0, 0.1) is 0 Å². The Morgan fingerprint density at radius 3 is 2.50 bits per heavy atom. The maximum absolute atomic E-state index is 11.9. The summed E-state index contributed by atoms with van der Waals surface area (Å²) in [5.41, 5.74) is 1.98. The van der Waals surface area contributed by atoms with Crippen molar-refractivity contribution in [3.05, 3.63) is 77.7 Å². The summed E-state index contributed by atoms with van der Waals surface area (Å²) < 4.78 is 5.39. The van der Waals surface area contributed by atoms with Gasteiger partial charge in [0.25, 0.3) is 5.91 Å². The van der Waals surface area contributed by atoms with Gasteiger partial charge in [-0.05, 0) is 54.1 Å². The Morgan fingerprint density at radius 1 is 1.04 bits per heavy atom. The Kier molecular flexibility index (Phi) is 6.01. The molecule has 0 aliphatic carbocycles. The summed E-state index contributed by atoms with van der Waals surface area (Å²) >= 11 is 5.80. The average molecular weight is 369 g/mol. The molecule has 6 nitrogen and oxygen atoms in total. The van der Waals surface area contributed by atoms with E-state index < -0.39 is 0 Å². The van der Waals surface area contributed by atoms with E-state index in [9.17, 15) is 4.79 Å². The van der Waals surface area contributed by atoms with E-state index in [-0.39, 0.29) is 12.5 Å². The van der Waals surface area contributed by atoms with Crippen LogP contribution in [0.25, 0.3) is 0 Å². The van der Waals surface area contributed by atoms with E-state index >= 15 is 0 Å². The minimum Gasteiger partial charge on any atom is -0.484 e. The zero-order chi connectivity index (χ0) is 18.2. The number of hydrogen-bond acceptors (Lipinski definition) is 5. The van der Waals surface area contributed by atoms with Crippen molar-refractivity contribution in [2.24, 2.45) is 0 Å². The first-order valence-electron chi connectivity index (χ1n) is 7.96. The monoisotopic (exact) mass is 368 g/mol.